The van der Waals surface area contributed by atoms with E-state index < -0.39 is 27.8 Å². The van der Waals surface area contributed by atoms with Gasteiger partial charge in [0, 0.05) is 24.4 Å². The second kappa shape index (κ2) is 16.8. The van der Waals surface area contributed by atoms with Crippen LogP contribution in [0.5, 0.6) is 0 Å². The van der Waals surface area contributed by atoms with Crippen molar-refractivity contribution in [2.45, 2.75) is 104 Å². The summed E-state index contributed by atoms with van der Waals surface area (Å²) in [6, 6.07) is 12.6. The van der Waals surface area contributed by atoms with Crippen molar-refractivity contribution in [3.05, 3.63) is 70.8 Å². The Kier molecular flexibility index (Phi) is 13.5. The SMILES string of the molecule is CC(C)=CCCC[C@@H](CC1CCCCC1)NCc1ccc(C(=O)N[C@@H](CCS(C)(=O)=O)C(=O)O)c(-c2ccccc2C)c1. The van der Waals surface area contributed by atoms with E-state index in [9.17, 15) is 23.1 Å². The molecule has 0 heterocycles. The van der Waals surface area contributed by atoms with Gasteiger partial charge in [0.2, 0.25) is 0 Å². The molecule has 3 rings (SSSR count). The second-order valence-electron chi connectivity index (χ2n) is 12.5. The van der Waals surface area contributed by atoms with Crippen LogP contribution in [-0.4, -0.2) is 49.5 Å². The number of hydrogen-bond acceptors (Lipinski definition) is 5. The molecule has 1 fully saturated rings. The number of carbonyl (C=O) groups is 2. The summed E-state index contributed by atoms with van der Waals surface area (Å²) >= 11 is 0. The number of rotatable bonds is 16. The Hall–Kier alpha value is -2.97. The maximum Gasteiger partial charge on any atom is 0.326 e. The predicted molar refractivity (Wildman–Crippen MR) is 175 cm³/mol. The van der Waals surface area contributed by atoms with E-state index in [4.69, 9.17) is 0 Å². The first-order valence-corrected chi connectivity index (χ1v) is 17.8. The topological polar surface area (TPSA) is 113 Å². The highest BCUT2D eigenvalue weighted by Gasteiger charge is 2.25. The Morgan fingerprint density at radius 3 is 2.40 bits per heavy atom. The van der Waals surface area contributed by atoms with Crippen LogP contribution in [0.25, 0.3) is 11.1 Å². The second-order valence-corrected chi connectivity index (χ2v) is 14.8. The van der Waals surface area contributed by atoms with Crippen molar-refractivity contribution in [2.75, 3.05) is 12.0 Å². The molecule has 1 saturated carbocycles. The van der Waals surface area contributed by atoms with Crippen molar-refractivity contribution in [3.8, 4) is 11.1 Å². The molecule has 0 bridgehead atoms. The van der Waals surface area contributed by atoms with Crippen molar-refractivity contribution >= 4 is 21.7 Å². The molecule has 1 aliphatic carbocycles. The Labute approximate surface area is 258 Å². The number of carboxylic acids is 1. The number of benzene rings is 2. The number of carboxylic acid groups (broad SMARTS) is 1. The summed E-state index contributed by atoms with van der Waals surface area (Å²) in [4.78, 5) is 25.3. The van der Waals surface area contributed by atoms with E-state index in [0.717, 1.165) is 53.7 Å². The summed E-state index contributed by atoms with van der Waals surface area (Å²) in [6.07, 6.45) is 14.3. The number of nitrogens with one attached hydrogen (secondary N) is 2. The first kappa shape index (κ1) is 34.5. The zero-order valence-electron chi connectivity index (χ0n) is 26.3. The standard InChI is InChI=1S/C35H50N2O5S/c1-25(2)12-8-10-16-29(22-27-14-6-5-7-15-27)36-24-28-18-19-31(32(23-28)30-17-11-9-13-26(30)3)34(38)37-33(35(39)40)20-21-43(4,41)42/h9,11-13,17-19,23,27,29,33,36H,5-8,10,14-16,20-22,24H2,1-4H3,(H,37,38)(H,39,40)/t29-,33-/m0/s1. The molecule has 7 nitrogen and oxygen atoms in total. The normalized spacial score (nSPS) is 15.4. The number of allylic oxidation sites excluding steroid dienone is 2. The lowest BCUT2D eigenvalue weighted by Gasteiger charge is -2.27. The van der Waals surface area contributed by atoms with Gasteiger partial charge < -0.3 is 15.7 Å². The van der Waals surface area contributed by atoms with E-state index >= 15 is 0 Å². The number of aryl methyl sites for hydroxylation is 1. The minimum absolute atomic E-state index is 0.197. The summed E-state index contributed by atoms with van der Waals surface area (Å²) in [5.41, 5.74) is 5.41. The van der Waals surface area contributed by atoms with Gasteiger partial charge in [-0.2, -0.15) is 0 Å². The molecule has 0 aromatic heterocycles. The minimum atomic E-state index is -3.37. The fraction of sp³-hybridized carbons (Fsp3) is 0.543. The summed E-state index contributed by atoms with van der Waals surface area (Å²) in [6.45, 7) is 6.95. The van der Waals surface area contributed by atoms with Crippen LogP contribution >= 0.6 is 0 Å². The number of hydrogen-bond donors (Lipinski definition) is 3. The van der Waals surface area contributed by atoms with Gasteiger partial charge >= 0.3 is 5.97 Å². The summed E-state index contributed by atoms with van der Waals surface area (Å²) < 4.78 is 23.3. The predicted octanol–water partition coefficient (Wildman–Crippen LogP) is 6.84. The maximum absolute atomic E-state index is 13.4. The molecule has 3 N–H and O–H groups in total. The fourth-order valence-corrected chi connectivity index (χ4v) is 6.63. The Bertz CT molecular complexity index is 1360. The molecular formula is C35H50N2O5S. The number of sulfone groups is 1. The third-order valence-electron chi connectivity index (χ3n) is 8.39. The summed E-state index contributed by atoms with van der Waals surface area (Å²) in [5, 5.41) is 16.1. The van der Waals surface area contributed by atoms with E-state index in [1.54, 1.807) is 6.07 Å². The monoisotopic (exact) mass is 610 g/mol. The molecule has 2 aromatic rings. The molecule has 43 heavy (non-hydrogen) atoms. The molecule has 0 radical (unpaired) electrons. The average molecular weight is 611 g/mol. The van der Waals surface area contributed by atoms with Crippen molar-refractivity contribution in [2.24, 2.45) is 5.92 Å². The van der Waals surface area contributed by atoms with Crippen molar-refractivity contribution in [3.63, 3.8) is 0 Å². The van der Waals surface area contributed by atoms with Crippen LogP contribution in [0.3, 0.4) is 0 Å². The van der Waals surface area contributed by atoms with Crippen LogP contribution in [0.4, 0.5) is 0 Å². The van der Waals surface area contributed by atoms with E-state index in [1.807, 2.05) is 43.3 Å². The van der Waals surface area contributed by atoms with Crippen LogP contribution in [0.2, 0.25) is 0 Å². The highest BCUT2D eigenvalue weighted by molar-refractivity contribution is 7.90. The van der Waals surface area contributed by atoms with E-state index in [1.165, 1.54) is 44.1 Å². The molecular weight excluding hydrogens is 560 g/mol. The van der Waals surface area contributed by atoms with Crippen LogP contribution < -0.4 is 10.6 Å². The quantitative estimate of drug-likeness (QED) is 0.142. The maximum atomic E-state index is 13.4. The summed E-state index contributed by atoms with van der Waals surface area (Å²) in [5.74, 6) is -1.35. The van der Waals surface area contributed by atoms with Crippen molar-refractivity contribution in [1.29, 1.82) is 0 Å². The molecule has 0 unspecified atom stereocenters. The first-order valence-electron chi connectivity index (χ1n) is 15.7. The first-order chi connectivity index (χ1) is 20.4. The van der Waals surface area contributed by atoms with Gasteiger partial charge in [-0.05, 0) is 93.2 Å². The fourth-order valence-electron chi connectivity index (χ4n) is 5.97. The summed E-state index contributed by atoms with van der Waals surface area (Å²) in [7, 11) is -3.37. The lowest BCUT2D eigenvalue weighted by molar-refractivity contribution is -0.139. The number of aliphatic carboxylic acids is 1. The Morgan fingerprint density at radius 2 is 1.74 bits per heavy atom. The number of unbranched alkanes of at least 4 members (excludes halogenated alkanes) is 1. The molecule has 0 saturated heterocycles. The smallest absolute Gasteiger partial charge is 0.326 e. The lowest BCUT2D eigenvalue weighted by Crippen LogP contribution is -2.42. The van der Waals surface area contributed by atoms with Crippen LogP contribution in [-0.2, 0) is 21.2 Å². The average Bonchev–Trinajstić information content (AvgIpc) is 2.96. The lowest BCUT2D eigenvalue weighted by atomic mass is 9.83. The Balaban J connectivity index is 1.82. The van der Waals surface area contributed by atoms with Gasteiger partial charge in [-0.1, -0.05) is 74.1 Å². The molecule has 2 atom stereocenters. The minimum Gasteiger partial charge on any atom is -0.480 e. The van der Waals surface area contributed by atoms with Crippen LogP contribution in [0.1, 0.15) is 99.5 Å². The molecule has 0 spiro atoms. The largest absolute Gasteiger partial charge is 0.480 e. The van der Waals surface area contributed by atoms with Crippen molar-refractivity contribution < 1.29 is 23.1 Å². The van der Waals surface area contributed by atoms with Crippen molar-refractivity contribution in [1.82, 2.24) is 10.6 Å². The van der Waals surface area contributed by atoms with Gasteiger partial charge in [0.05, 0.1) is 5.75 Å². The molecule has 1 aliphatic rings. The van der Waals surface area contributed by atoms with Crippen LogP contribution in [0, 0.1) is 12.8 Å². The zero-order valence-corrected chi connectivity index (χ0v) is 27.1. The van der Waals surface area contributed by atoms with Gasteiger partial charge in [0.1, 0.15) is 15.9 Å². The van der Waals surface area contributed by atoms with Crippen LogP contribution in [0.15, 0.2) is 54.1 Å². The van der Waals surface area contributed by atoms with E-state index in [-0.39, 0.29) is 12.2 Å². The molecule has 0 aliphatic heterocycles. The van der Waals surface area contributed by atoms with E-state index in [2.05, 4.69) is 30.6 Å². The molecule has 1 amide bonds. The third kappa shape index (κ3) is 11.9. The van der Waals surface area contributed by atoms with Gasteiger partial charge in [0.15, 0.2) is 0 Å². The molecule has 2 aromatic carbocycles. The molecule has 8 heteroatoms. The highest BCUT2D eigenvalue weighted by atomic mass is 32.2. The Morgan fingerprint density at radius 1 is 1.02 bits per heavy atom. The van der Waals surface area contributed by atoms with Gasteiger partial charge in [-0.15, -0.1) is 0 Å². The zero-order chi connectivity index (χ0) is 31.4. The molecule has 236 valence electrons. The number of amides is 1. The highest BCUT2D eigenvalue weighted by Crippen LogP contribution is 2.30. The number of carbonyl (C=O) groups excluding carboxylic acids is 1. The van der Waals surface area contributed by atoms with Gasteiger partial charge in [0.25, 0.3) is 5.91 Å². The van der Waals surface area contributed by atoms with E-state index in [0.29, 0.717) is 18.2 Å². The van der Waals surface area contributed by atoms with Gasteiger partial charge in [-0.3, -0.25) is 4.79 Å². The van der Waals surface area contributed by atoms with Gasteiger partial charge in [-0.25, -0.2) is 13.2 Å². The third-order valence-corrected chi connectivity index (χ3v) is 9.37.